The van der Waals surface area contributed by atoms with Gasteiger partial charge in [-0.1, -0.05) is 0 Å². The van der Waals surface area contributed by atoms with Crippen molar-refractivity contribution >= 4 is 0 Å². The normalized spacial score (nSPS) is 26.8. The van der Waals surface area contributed by atoms with E-state index in [9.17, 15) is 5.11 Å². The van der Waals surface area contributed by atoms with E-state index in [4.69, 9.17) is 4.42 Å². The van der Waals surface area contributed by atoms with Crippen LogP contribution in [0.15, 0.2) is 10.6 Å². The molecule has 0 bridgehead atoms. The van der Waals surface area contributed by atoms with Crippen LogP contribution >= 0.6 is 0 Å². The molecule has 4 heteroatoms. The molecule has 1 fully saturated rings. The molecule has 0 unspecified atom stereocenters. The Morgan fingerprint density at radius 3 is 2.80 bits per heavy atom. The zero-order valence-corrected chi connectivity index (χ0v) is 9.07. The number of aromatic nitrogens is 1. The third kappa shape index (κ3) is 3.04. The molecule has 1 heterocycles. The van der Waals surface area contributed by atoms with Gasteiger partial charge >= 0.3 is 0 Å². The largest absolute Gasteiger partial charge is 0.445 e. The number of aliphatic hydroxyl groups is 1. The van der Waals surface area contributed by atoms with E-state index in [0.29, 0.717) is 12.6 Å². The number of aryl methyl sites for hydroxylation is 1. The van der Waals surface area contributed by atoms with E-state index < -0.39 is 0 Å². The molecule has 1 aromatic rings. The molecule has 1 saturated carbocycles. The molecule has 0 amide bonds. The van der Waals surface area contributed by atoms with Crippen molar-refractivity contribution in [1.29, 1.82) is 0 Å². The van der Waals surface area contributed by atoms with Gasteiger partial charge in [0.15, 0.2) is 0 Å². The number of nitrogens with one attached hydrogen (secondary N) is 1. The average molecular weight is 210 g/mol. The van der Waals surface area contributed by atoms with Gasteiger partial charge in [0, 0.05) is 6.04 Å². The molecule has 1 aliphatic carbocycles. The standard InChI is InChI=1S/C11H18N2O2/c1-8-6-13-11(15-8)7-12-9-2-4-10(14)5-3-9/h6,9-10,12,14H,2-5,7H2,1H3. The van der Waals surface area contributed by atoms with Crippen LogP contribution in [0.1, 0.15) is 37.3 Å². The molecule has 0 aliphatic heterocycles. The molecule has 84 valence electrons. The molecule has 0 aromatic carbocycles. The van der Waals surface area contributed by atoms with E-state index >= 15 is 0 Å². The fourth-order valence-electron chi connectivity index (χ4n) is 1.99. The van der Waals surface area contributed by atoms with Crippen LogP contribution < -0.4 is 5.32 Å². The Hall–Kier alpha value is -0.870. The number of hydrogen-bond acceptors (Lipinski definition) is 4. The first kappa shape index (κ1) is 10.6. The van der Waals surface area contributed by atoms with Crippen molar-refractivity contribution in [3.05, 3.63) is 17.8 Å². The van der Waals surface area contributed by atoms with Gasteiger partial charge in [0.2, 0.25) is 5.89 Å². The number of nitrogens with zero attached hydrogens (tertiary/aromatic N) is 1. The van der Waals surface area contributed by atoms with E-state index in [2.05, 4.69) is 10.3 Å². The van der Waals surface area contributed by atoms with Crippen LogP contribution in [-0.4, -0.2) is 22.2 Å². The molecule has 0 radical (unpaired) electrons. The van der Waals surface area contributed by atoms with Crippen LogP contribution in [0, 0.1) is 6.92 Å². The highest BCUT2D eigenvalue weighted by molar-refractivity contribution is 4.91. The third-order valence-electron chi connectivity index (χ3n) is 2.91. The zero-order valence-electron chi connectivity index (χ0n) is 9.07. The van der Waals surface area contributed by atoms with Crippen LogP contribution in [0.2, 0.25) is 0 Å². The lowest BCUT2D eigenvalue weighted by atomic mass is 9.93. The van der Waals surface area contributed by atoms with Gasteiger partial charge in [-0.15, -0.1) is 0 Å². The number of rotatable bonds is 3. The van der Waals surface area contributed by atoms with Gasteiger partial charge in [0.1, 0.15) is 5.76 Å². The average Bonchev–Trinajstić information content (AvgIpc) is 2.64. The molecule has 0 atom stereocenters. The summed E-state index contributed by atoms with van der Waals surface area (Å²) in [5.74, 6) is 1.60. The van der Waals surface area contributed by atoms with Gasteiger partial charge in [0.05, 0.1) is 18.8 Å². The molecular formula is C11H18N2O2. The highest BCUT2D eigenvalue weighted by atomic mass is 16.4. The fourth-order valence-corrected chi connectivity index (χ4v) is 1.99. The van der Waals surface area contributed by atoms with Crippen molar-refractivity contribution in [2.24, 2.45) is 0 Å². The maximum absolute atomic E-state index is 9.36. The lowest BCUT2D eigenvalue weighted by molar-refractivity contribution is 0.116. The van der Waals surface area contributed by atoms with E-state index in [1.54, 1.807) is 6.20 Å². The summed E-state index contributed by atoms with van der Waals surface area (Å²) in [6.45, 7) is 2.59. The predicted molar refractivity (Wildman–Crippen MR) is 56.3 cm³/mol. The number of hydrogen-bond donors (Lipinski definition) is 2. The Kier molecular flexibility index (Phi) is 3.38. The minimum absolute atomic E-state index is 0.0907. The Morgan fingerprint density at radius 2 is 2.20 bits per heavy atom. The first-order valence-electron chi connectivity index (χ1n) is 5.57. The van der Waals surface area contributed by atoms with Crippen molar-refractivity contribution < 1.29 is 9.52 Å². The molecule has 2 N–H and O–H groups in total. The van der Waals surface area contributed by atoms with Gasteiger partial charge in [-0.2, -0.15) is 0 Å². The molecule has 1 aromatic heterocycles. The SMILES string of the molecule is Cc1cnc(CNC2CCC(O)CC2)o1. The second-order valence-corrected chi connectivity index (χ2v) is 4.25. The van der Waals surface area contributed by atoms with Crippen LogP contribution in [0.4, 0.5) is 0 Å². The number of oxazole rings is 1. The molecule has 15 heavy (non-hydrogen) atoms. The van der Waals surface area contributed by atoms with Gasteiger partial charge in [0.25, 0.3) is 0 Å². The molecule has 4 nitrogen and oxygen atoms in total. The number of aliphatic hydroxyl groups excluding tert-OH is 1. The second kappa shape index (κ2) is 4.77. The maximum atomic E-state index is 9.36. The summed E-state index contributed by atoms with van der Waals surface area (Å²) in [4.78, 5) is 4.14. The Balaban J connectivity index is 1.74. The smallest absolute Gasteiger partial charge is 0.208 e. The summed E-state index contributed by atoms with van der Waals surface area (Å²) in [7, 11) is 0. The van der Waals surface area contributed by atoms with E-state index in [0.717, 1.165) is 37.3 Å². The first-order valence-corrected chi connectivity index (χ1v) is 5.57. The minimum Gasteiger partial charge on any atom is -0.445 e. The van der Waals surface area contributed by atoms with Crippen LogP contribution in [0.5, 0.6) is 0 Å². The summed E-state index contributed by atoms with van der Waals surface area (Å²) in [5, 5.41) is 12.8. The monoisotopic (exact) mass is 210 g/mol. The second-order valence-electron chi connectivity index (χ2n) is 4.25. The highest BCUT2D eigenvalue weighted by Crippen LogP contribution is 2.18. The summed E-state index contributed by atoms with van der Waals surface area (Å²) < 4.78 is 5.37. The van der Waals surface area contributed by atoms with Gasteiger partial charge in [-0.05, 0) is 32.6 Å². The molecule has 1 aliphatic rings. The lowest BCUT2D eigenvalue weighted by Crippen LogP contribution is -2.34. The molecule has 0 spiro atoms. The quantitative estimate of drug-likeness (QED) is 0.791. The van der Waals surface area contributed by atoms with Gasteiger partial charge in [-0.25, -0.2) is 4.98 Å². The highest BCUT2D eigenvalue weighted by Gasteiger charge is 2.18. The predicted octanol–water partition coefficient (Wildman–Crippen LogP) is 1.38. The van der Waals surface area contributed by atoms with Crippen molar-refractivity contribution in [2.45, 2.75) is 51.3 Å². The Morgan fingerprint density at radius 1 is 1.47 bits per heavy atom. The van der Waals surface area contributed by atoms with Crippen molar-refractivity contribution in [3.8, 4) is 0 Å². The van der Waals surface area contributed by atoms with E-state index in [-0.39, 0.29) is 6.10 Å². The van der Waals surface area contributed by atoms with Crippen LogP contribution in [-0.2, 0) is 6.54 Å². The third-order valence-corrected chi connectivity index (χ3v) is 2.91. The lowest BCUT2D eigenvalue weighted by Gasteiger charge is -2.25. The summed E-state index contributed by atoms with van der Waals surface area (Å²) in [6, 6.07) is 0.501. The first-order chi connectivity index (χ1) is 7.24. The summed E-state index contributed by atoms with van der Waals surface area (Å²) in [6.07, 6.45) is 5.54. The van der Waals surface area contributed by atoms with Gasteiger partial charge in [-0.3, -0.25) is 0 Å². The maximum Gasteiger partial charge on any atom is 0.208 e. The van der Waals surface area contributed by atoms with Crippen LogP contribution in [0.3, 0.4) is 0 Å². The topological polar surface area (TPSA) is 58.3 Å². The zero-order chi connectivity index (χ0) is 10.7. The van der Waals surface area contributed by atoms with Gasteiger partial charge < -0.3 is 14.8 Å². The molecular weight excluding hydrogens is 192 g/mol. The van der Waals surface area contributed by atoms with Crippen molar-refractivity contribution in [1.82, 2.24) is 10.3 Å². The van der Waals surface area contributed by atoms with Crippen LogP contribution in [0.25, 0.3) is 0 Å². The van der Waals surface area contributed by atoms with E-state index in [1.807, 2.05) is 6.92 Å². The Bertz CT molecular complexity index is 303. The van der Waals surface area contributed by atoms with Crippen molar-refractivity contribution in [2.75, 3.05) is 0 Å². The Labute approximate surface area is 89.7 Å². The summed E-state index contributed by atoms with van der Waals surface area (Å²) >= 11 is 0. The van der Waals surface area contributed by atoms with E-state index in [1.165, 1.54) is 0 Å². The fraction of sp³-hybridized carbons (Fsp3) is 0.727. The summed E-state index contributed by atoms with van der Waals surface area (Å²) in [5.41, 5.74) is 0. The minimum atomic E-state index is -0.0907. The van der Waals surface area contributed by atoms with Crippen molar-refractivity contribution in [3.63, 3.8) is 0 Å². The molecule has 0 saturated heterocycles. The molecule has 2 rings (SSSR count).